The molecule has 1 aromatic rings. The smallest absolute Gasteiger partial charge is 0.491 e. The highest BCUT2D eigenvalue weighted by Gasteiger charge is 2.52. The van der Waals surface area contributed by atoms with Gasteiger partial charge in [-0.1, -0.05) is 6.08 Å². The molecular formula is C15H21BFNO3. The van der Waals surface area contributed by atoms with Gasteiger partial charge in [0.15, 0.2) is 0 Å². The molecule has 4 nitrogen and oxygen atoms in total. The predicted molar refractivity (Wildman–Crippen MR) is 81.2 cm³/mol. The van der Waals surface area contributed by atoms with Crippen LogP contribution < -0.4 is 5.73 Å². The first-order valence-electron chi connectivity index (χ1n) is 6.91. The van der Waals surface area contributed by atoms with Crippen molar-refractivity contribution in [2.24, 2.45) is 5.73 Å². The second-order valence-electron chi connectivity index (χ2n) is 6.21. The van der Waals surface area contributed by atoms with Crippen LogP contribution in [0.4, 0.5) is 4.39 Å². The Morgan fingerprint density at radius 1 is 1.29 bits per heavy atom. The van der Waals surface area contributed by atoms with Gasteiger partial charge in [-0.25, -0.2) is 4.39 Å². The summed E-state index contributed by atoms with van der Waals surface area (Å²) in [5, 5.41) is 9.79. The highest BCUT2D eigenvalue weighted by molar-refractivity contribution is 6.55. The molecule has 0 unspecified atom stereocenters. The van der Waals surface area contributed by atoms with Crippen LogP contribution in [0, 0.1) is 5.82 Å². The largest absolute Gasteiger partial charge is 0.507 e. The van der Waals surface area contributed by atoms with Gasteiger partial charge in [0.05, 0.1) is 11.2 Å². The molecule has 3 N–H and O–H groups in total. The maximum Gasteiger partial charge on any atom is 0.491 e. The molecule has 0 aromatic heterocycles. The van der Waals surface area contributed by atoms with Crippen LogP contribution in [-0.4, -0.2) is 30.0 Å². The van der Waals surface area contributed by atoms with Crippen molar-refractivity contribution < 1.29 is 18.8 Å². The summed E-state index contributed by atoms with van der Waals surface area (Å²) in [6.45, 7) is 7.97. The van der Waals surface area contributed by atoms with Crippen LogP contribution >= 0.6 is 0 Å². The van der Waals surface area contributed by atoms with E-state index in [0.29, 0.717) is 11.0 Å². The van der Waals surface area contributed by atoms with Crippen LogP contribution in [0.15, 0.2) is 23.7 Å². The average Bonchev–Trinajstić information content (AvgIpc) is 2.59. The molecule has 1 aromatic carbocycles. The van der Waals surface area contributed by atoms with Crippen LogP contribution in [0.1, 0.15) is 33.3 Å². The van der Waals surface area contributed by atoms with Gasteiger partial charge < -0.3 is 20.1 Å². The number of hydrogen-bond donors (Lipinski definition) is 2. The molecule has 0 aliphatic carbocycles. The maximum absolute atomic E-state index is 13.3. The van der Waals surface area contributed by atoms with Crippen LogP contribution in [0.25, 0.3) is 6.08 Å². The lowest BCUT2D eigenvalue weighted by atomic mass is 9.77. The molecule has 21 heavy (non-hydrogen) atoms. The molecular weight excluding hydrogens is 272 g/mol. The number of aromatic hydroxyl groups is 1. The number of benzene rings is 1. The number of phenols is 1. The molecule has 1 heterocycles. The molecule has 2 rings (SSSR count). The van der Waals surface area contributed by atoms with E-state index in [-0.39, 0.29) is 12.3 Å². The van der Waals surface area contributed by atoms with Gasteiger partial charge in [-0.05, 0) is 51.4 Å². The second-order valence-corrected chi connectivity index (χ2v) is 6.21. The summed E-state index contributed by atoms with van der Waals surface area (Å²) in [5.74, 6) is -0.441. The minimum absolute atomic E-state index is 0.0149. The summed E-state index contributed by atoms with van der Waals surface area (Å²) in [6, 6.07) is 3.75. The number of halogens is 1. The van der Waals surface area contributed by atoms with E-state index in [1.165, 1.54) is 18.2 Å². The molecule has 0 radical (unpaired) electrons. The number of hydrogen-bond acceptors (Lipinski definition) is 4. The summed E-state index contributed by atoms with van der Waals surface area (Å²) >= 11 is 0. The average molecular weight is 293 g/mol. The fourth-order valence-electron chi connectivity index (χ4n) is 2.06. The monoisotopic (exact) mass is 293 g/mol. The molecule has 114 valence electrons. The molecule has 0 amide bonds. The van der Waals surface area contributed by atoms with Crippen LogP contribution in [0.3, 0.4) is 0 Å². The van der Waals surface area contributed by atoms with Crippen molar-refractivity contribution in [2.75, 3.05) is 6.54 Å². The standard InChI is InChI=1S/C15H21BFNO3/c1-14(2)15(3,4)21-16(20-14)11(9-18)7-10-8-12(17)5-6-13(10)19/h5-8,19H,9,18H2,1-4H3. The van der Waals surface area contributed by atoms with Gasteiger partial charge in [0.2, 0.25) is 0 Å². The van der Waals surface area contributed by atoms with Crippen molar-refractivity contribution in [3.8, 4) is 5.75 Å². The van der Waals surface area contributed by atoms with Crippen LogP contribution in [0.2, 0.25) is 0 Å². The second kappa shape index (κ2) is 5.44. The maximum atomic E-state index is 13.3. The highest BCUT2D eigenvalue weighted by atomic mass is 19.1. The predicted octanol–water partition coefficient (Wildman–Crippen LogP) is 2.50. The molecule has 0 atom stereocenters. The van der Waals surface area contributed by atoms with Crippen molar-refractivity contribution >= 4 is 13.2 Å². The lowest BCUT2D eigenvalue weighted by molar-refractivity contribution is 0.00578. The van der Waals surface area contributed by atoms with Crippen LogP contribution in [0.5, 0.6) is 5.75 Å². The third kappa shape index (κ3) is 3.12. The normalized spacial score (nSPS) is 20.9. The Morgan fingerprint density at radius 3 is 2.38 bits per heavy atom. The first kappa shape index (κ1) is 16.0. The Morgan fingerprint density at radius 2 is 1.86 bits per heavy atom. The van der Waals surface area contributed by atoms with Gasteiger partial charge in [-0.15, -0.1) is 0 Å². The SMILES string of the molecule is CC1(C)OB(C(=Cc2cc(F)ccc2O)CN)OC1(C)C. The van der Waals surface area contributed by atoms with Gasteiger partial charge >= 0.3 is 7.12 Å². The highest BCUT2D eigenvalue weighted by Crippen LogP contribution is 2.38. The third-order valence-corrected chi connectivity index (χ3v) is 4.12. The van der Waals surface area contributed by atoms with Crippen molar-refractivity contribution in [3.63, 3.8) is 0 Å². The van der Waals surface area contributed by atoms with E-state index in [2.05, 4.69) is 0 Å². The number of rotatable bonds is 3. The Hall–Kier alpha value is -1.37. The summed E-state index contributed by atoms with van der Waals surface area (Å²) < 4.78 is 25.1. The van der Waals surface area contributed by atoms with Crippen LogP contribution in [-0.2, 0) is 9.31 Å². The quantitative estimate of drug-likeness (QED) is 0.840. The van der Waals surface area contributed by atoms with E-state index in [1.807, 2.05) is 27.7 Å². The Balaban J connectivity index is 2.33. The van der Waals surface area contributed by atoms with Crippen molar-refractivity contribution in [1.29, 1.82) is 0 Å². The van der Waals surface area contributed by atoms with Gasteiger partial charge in [-0.2, -0.15) is 0 Å². The van der Waals surface area contributed by atoms with E-state index < -0.39 is 24.1 Å². The summed E-state index contributed by atoms with van der Waals surface area (Å²) in [7, 11) is -0.609. The molecule has 0 bridgehead atoms. The third-order valence-electron chi connectivity index (χ3n) is 4.12. The fraction of sp³-hybridized carbons (Fsp3) is 0.467. The van der Waals surface area contributed by atoms with Gasteiger partial charge in [-0.3, -0.25) is 0 Å². The van der Waals surface area contributed by atoms with Gasteiger partial charge in [0.25, 0.3) is 0 Å². The zero-order valence-corrected chi connectivity index (χ0v) is 12.8. The molecule has 0 saturated carbocycles. The van der Waals surface area contributed by atoms with E-state index >= 15 is 0 Å². The lowest BCUT2D eigenvalue weighted by Gasteiger charge is -2.32. The summed E-state index contributed by atoms with van der Waals surface area (Å²) in [4.78, 5) is 0. The van der Waals surface area contributed by atoms with E-state index in [4.69, 9.17) is 15.0 Å². The van der Waals surface area contributed by atoms with Gasteiger partial charge in [0, 0.05) is 12.1 Å². The molecule has 1 fully saturated rings. The minimum Gasteiger partial charge on any atom is -0.507 e. The zero-order chi connectivity index (χ0) is 15.8. The topological polar surface area (TPSA) is 64.7 Å². The Labute approximate surface area is 124 Å². The number of phenolic OH excluding ortho intramolecular Hbond substituents is 1. The molecule has 6 heteroatoms. The zero-order valence-electron chi connectivity index (χ0n) is 12.8. The first-order chi connectivity index (χ1) is 9.66. The fourth-order valence-corrected chi connectivity index (χ4v) is 2.06. The molecule has 1 aliphatic rings. The lowest BCUT2D eigenvalue weighted by Crippen LogP contribution is -2.41. The molecule has 1 aliphatic heterocycles. The van der Waals surface area contributed by atoms with Gasteiger partial charge in [0.1, 0.15) is 11.6 Å². The Bertz CT molecular complexity index is 556. The molecule has 0 spiro atoms. The summed E-state index contributed by atoms with van der Waals surface area (Å²) in [5.41, 5.74) is 5.81. The Kier molecular flexibility index (Phi) is 4.15. The van der Waals surface area contributed by atoms with E-state index in [9.17, 15) is 9.50 Å². The van der Waals surface area contributed by atoms with Crippen molar-refractivity contribution in [3.05, 3.63) is 35.1 Å². The van der Waals surface area contributed by atoms with E-state index in [1.54, 1.807) is 6.08 Å². The van der Waals surface area contributed by atoms with Crippen molar-refractivity contribution in [1.82, 2.24) is 0 Å². The number of nitrogens with two attached hydrogens (primary N) is 1. The molecule has 1 saturated heterocycles. The summed E-state index contributed by atoms with van der Waals surface area (Å²) in [6.07, 6.45) is 1.61. The minimum atomic E-state index is -0.609. The first-order valence-corrected chi connectivity index (χ1v) is 6.91. The van der Waals surface area contributed by atoms with Crippen molar-refractivity contribution in [2.45, 2.75) is 38.9 Å². The van der Waals surface area contributed by atoms with E-state index in [0.717, 1.165) is 0 Å².